The summed E-state index contributed by atoms with van der Waals surface area (Å²) in [5.41, 5.74) is 0.141. The number of nitrogens with zero attached hydrogens (tertiary/aromatic N) is 1. The number of halogens is 1. The lowest BCUT2D eigenvalue weighted by molar-refractivity contribution is 0.0898. The molecular weight excluding hydrogens is 175 g/mol. The highest BCUT2D eigenvalue weighted by Gasteiger charge is 2.16. The summed E-state index contributed by atoms with van der Waals surface area (Å²) in [6, 6.07) is 0. The summed E-state index contributed by atoms with van der Waals surface area (Å²) in [4.78, 5) is 15.0. The Hall–Kier alpha value is -1.39. The molecule has 1 aromatic heterocycles. The van der Waals surface area contributed by atoms with Crippen LogP contribution in [0.1, 0.15) is 29.1 Å². The van der Waals surface area contributed by atoms with Gasteiger partial charge in [-0.2, -0.15) is 0 Å². The minimum atomic E-state index is -1.39. The largest absolute Gasteiger partial charge is 0.445 e. The van der Waals surface area contributed by atoms with E-state index < -0.39 is 12.2 Å². The highest BCUT2D eigenvalue weighted by atomic mass is 19.1. The van der Waals surface area contributed by atoms with Gasteiger partial charge in [0.15, 0.2) is 17.9 Å². The number of nitrogens with one attached hydrogen (secondary N) is 1. The molecule has 0 aliphatic carbocycles. The highest BCUT2D eigenvalue weighted by Crippen LogP contribution is 2.08. The maximum atomic E-state index is 12.4. The molecule has 13 heavy (non-hydrogen) atoms. The molecule has 0 saturated heterocycles. The van der Waals surface area contributed by atoms with Crippen LogP contribution in [0, 0.1) is 13.8 Å². The van der Waals surface area contributed by atoms with Gasteiger partial charge in [-0.3, -0.25) is 4.79 Å². The molecule has 1 N–H and O–H groups in total. The van der Waals surface area contributed by atoms with Crippen molar-refractivity contribution in [1.29, 1.82) is 0 Å². The summed E-state index contributed by atoms with van der Waals surface area (Å²) in [7, 11) is 0. The summed E-state index contributed by atoms with van der Waals surface area (Å²) in [6.07, 6.45) is -1.39. The first kappa shape index (κ1) is 9.70. The molecule has 1 amide bonds. The number of rotatable bonds is 2. The van der Waals surface area contributed by atoms with Crippen LogP contribution in [0.5, 0.6) is 0 Å². The van der Waals surface area contributed by atoms with Gasteiger partial charge in [0.1, 0.15) is 5.76 Å². The van der Waals surface area contributed by atoms with Crippen LogP contribution in [0.4, 0.5) is 4.39 Å². The fraction of sp³-hybridized carbons (Fsp3) is 0.500. The van der Waals surface area contributed by atoms with Crippen molar-refractivity contribution in [1.82, 2.24) is 10.3 Å². The summed E-state index contributed by atoms with van der Waals surface area (Å²) < 4.78 is 17.4. The Labute approximate surface area is 75.1 Å². The van der Waals surface area contributed by atoms with E-state index in [1.54, 1.807) is 13.8 Å². The Balaban J connectivity index is 2.82. The number of alkyl halides is 1. The van der Waals surface area contributed by atoms with Crippen molar-refractivity contribution in [3.63, 3.8) is 0 Å². The fourth-order valence-corrected chi connectivity index (χ4v) is 0.989. The second-order valence-corrected chi connectivity index (χ2v) is 2.73. The van der Waals surface area contributed by atoms with E-state index in [0.717, 1.165) is 0 Å². The third-order valence-corrected chi connectivity index (χ3v) is 1.45. The molecule has 1 atom stereocenters. The number of aromatic nitrogens is 1. The van der Waals surface area contributed by atoms with Gasteiger partial charge in [0.25, 0.3) is 5.91 Å². The molecule has 0 aromatic carbocycles. The second-order valence-electron chi connectivity index (χ2n) is 2.73. The van der Waals surface area contributed by atoms with E-state index in [2.05, 4.69) is 10.3 Å². The molecule has 0 saturated carbocycles. The van der Waals surface area contributed by atoms with Crippen LogP contribution in [0.25, 0.3) is 0 Å². The third-order valence-electron chi connectivity index (χ3n) is 1.45. The highest BCUT2D eigenvalue weighted by molar-refractivity contribution is 5.93. The van der Waals surface area contributed by atoms with Crippen molar-refractivity contribution < 1.29 is 13.6 Å². The van der Waals surface area contributed by atoms with Crippen LogP contribution in [0.15, 0.2) is 4.42 Å². The van der Waals surface area contributed by atoms with E-state index >= 15 is 0 Å². The quantitative estimate of drug-likeness (QED) is 0.709. The maximum Gasteiger partial charge on any atom is 0.275 e. The summed E-state index contributed by atoms with van der Waals surface area (Å²) in [6.45, 7) is 4.47. The lowest BCUT2D eigenvalue weighted by Crippen LogP contribution is -2.29. The van der Waals surface area contributed by atoms with Gasteiger partial charge in [-0.1, -0.05) is 0 Å². The first-order chi connectivity index (χ1) is 6.00. The lowest BCUT2D eigenvalue weighted by atomic mass is 10.3. The lowest BCUT2D eigenvalue weighted by Gasteiger charge is -2.02. The predicted molar refractivity (Wildman–Crippen MR) is 44.0 cm³/mol. The molecule has 0 radical (unpaired) electrons. The number of oxazole rings is 1. The van der Waals surface area contributed by atoms with Gasteiger partial charge in [0, 0.05) is 6.92 Å². The van der Waals surface area contributed by atoms with Crippen molar-refractivity contribution in [2.45, 2.75) is 27.1 Å². The Bertz CT molecular complexity index is 320. The molecule has 1 rings (SSSR count). The fourth-order valence-electron chi connectivity index (χ4n) is 0.989. The van der Waals surface area contributed by atoms with Gasteiger partial charge in [0.2, 0.25) is 0 Å². The average molecular weight is 186 g/mol. The summed E-state index contributed by atoms with van der Waals surface area (Å²) >= 11 is 0. The summed E-state index contributed by atoms with van der Waals surface area (Å²) in [5, 5.41) is 2.09. The number of amides is 1. The summed E-state index contributed by atoms with van der Waals surface area (Å²) in [5.74, 6) is 0.245. The molecule has 1 unspecified atom stereocenters. The van der Waals surface area contributed by atoms with Crippen LogP contribution in [-0.4, -0.2) is 17.2 Å². The monoisotopic (exact) mass is 186 g/mol. The smallest absolute Gasteiger partial charge is 0.275 e. The van der Waals surface area contributed by atoms with E-state index in [-0.39, 0.29) is 5.69 Å². The van der Waals surface area contributed by atoms with Gasteiger partial charge in [-0.25, -0.2) is 9.37 Å². The Morgan fingerprint density at radius 1 is 1.62 bits per heavy atom. The second kappa shape index (κ2) is 3.55. The number of hydrogen-bond donors (Lipinski definition) is 1. The zero-order valence-corrected chi connectivity index (χ0v) is 7.72. The van der Waals surface area contributed by atoms with E-state index in [4.69, 9.17) is 4.42 Å². The van der Waals surface area contributed by atoms with E-state index in [0.29, 0.717) is 11.7 Å². The molecular formula is C8H11FN2O2. The minimum absolute atomic E-state index is 0.141. The van der Waals surface area contributed by atoms with Crippen molar-refractivity contribution >= 4 is 5.91 Å². The first-order valence-corrected chi connectivity index (χ1v) is 3.89. The molecule has 0 aliphatic rings. The molecule has 4 nitrogen and oxygen atoms in total. The van der Waals surface area contributed by atoms with Crippen LogP contribution in [0.2, 0.25) is 0 Å². The molecule has 0 spiro atoms. The van der Waals surface area contributed by atoms with Crippen LogP contribution < -0.4 is 5.32 Å². The Morgan fingerprint density at radius 2 is 2.23 bits per heavy atom. The average Bonchev–Trinajstić information content (AvgIpc) is 2.28. The van der Waals surface area contributed by atoms with Gasteiger partial charge < -0.3 is 9.73 Å². The Morgan fingerprint density at radius 3 is 2.62 bits per heavy atom. The first-order valence-electron chi connectivity index (χ1n) is 3.89. The normalized spacial score (nSPS) is 12.6. The van der Waals surface area contributed by atoms with Crippen molar-refractivity contribution in [2.24, 2.45) is 0 Å². The van der Waals surface area contributed by atoms with E-state index in [9.17, 15) is 9.18 Å². The van der Waals surface area contributed by atoms with Crippen molar-refractivity contribution in [3.8, 4) is 0 Å². The minimum Gasteiger partial charge on any atom is -0.445 e. The van der Waals surface area contributed by atoms with Crippen molar-refractivity contribution in [2.75, 3.05) is 0 Å². The molecule has 0 bridgehead atoms. The molecule has 5 heteroatoms. The number of carbonyl (C=O) groups is 1. The molecule has 72 valence electrons. The third kappa shape index (κ3) is 2.27. The molecule has 1 aromatic rings. The van der Waals surface area contributed by atoms with E-state index in [1.165, 1.54) is 6.92 Å². The van der Waals surface area contributed by atoms with Crippen molar-refractivity contribution in [3.05, 3.63) is 17.3 Å². The number of aryl methyl sites for hydroxylation is 2. The standard InChI is InChI=1S/C8H11FN2O2/c1-4-7(11-6(3)13-4)8(12)10-5(2)9/h5H,1-3H3,(H,10,12). The number of hydrogen-bond acceptors (Lipinski definition) is 3. The van der Waals surface area contributed by atoms with Crippen LogP contribution in [-0.2, 0) is 0 Å². The zero-order chi connectivity index (χ0) is 10.0. The zero-order valence-electron chi connectivity index (χ0n) is 7.72. The van der Waals surface area contributed by atoms with Crippen LogP contribution in [0.3, 0.4) is 0 Å². The topological polar surface area (TPSA) is 55.1 Å². The molecule has 1 heterocycles. The number of carbonyl (C=O) groups excluding carboxylic acids is 1. The van der Waals surface area contributed by atoms with Crippen LogP contribution >= 0.6 is 0 Å². The maximum absolute atomic E-state index is 12.4. The predicted octanol–water partition coefficient (Wildman–Crippen LogP) is 1.34. The molecule has 0 fully saturated rings. The van der Waals surface area contributed by atoms with Gasteiger partial charge >= 0.3 is 0 Å². The van der Waals surface area contributed by atoms with E-state index in [1.807, 2.05) is 0 Å². The molecule has 0 aliphatic heterocycles. The van der Waals surface area contributed by atoms with Gasteiger partial charge in [0.05, 0.1) is 0 Å². The SMILES string of the molecule is Cc1nc(C(=O)NC(C)F)c(C)o1. The van der Waals surface area contributed by atoms with Gasteiger partial charge in [-0.15, -0.1) is 0 Å². The van der Waals surface area contributed by atoms with Gasteiger partial charge in [-0.05, 0) is 13.8 Å². The Kier molecular flexibility index (Phi) is 2.65.